The summed E-state index contributed by atoms with van der Waals surface area (Å²) in [5, 5.41) is 11.3. The molecule has 0 aliphatic rings. The number of hydrogen-bond acceptors (Lipinski definition) is 8. The molecule has 3 aromatic rings. The van der Waals surface area contributed by atoms with Crippen molar-refractivity contribution in [2.45, 2.75) is 13.5 Å². The number of nitrogens with zero attached hydrogens (tertiary/aromatic N) is 6. The summed E-state index contributed by atoms with van der Waals surface area (Å²) in [6.07, 6.45) is 2.91. The Labute approximate surface area is 118 Å². The monoisotopic (exact) mass is 288 g/mol. The van der Waals surface area contributed by atoms with E-state index in [1.807, 2.05) is 0 Å². The SMILES string of the molecule is Cc1cscc1CNc1nc(N)nc(-n2cncn2)n1. The average Bonchev–Trinajstić information content (AvgIpc) is 3.07. The second kappa shape index (κ2) is 5.21. The molecule has 0 atom stereocenters. The number of hydrogen-bond donors (Lipinski definition) is 2. The molecule has 3 rings (SSSR count). The van der Waals surface area contributed by atoms with Gasteiger partial charge in [-0.1, -0.05) is 0 Å². The Morgan fingerprint density at radius 3 is 2.90 bits per heavy atom. The Balaban J connectivity index is 1.81. The molecule has 0 aliphatic heterocycles. The van der Waals surface area contributed by atoms with Crippen molar-refractivity contribution in [2.24, 2.45) is 0 Å². The second-order valence-corrected chi connectivity index (χ2v) is 4.83. The van der Waals surface area contributed by atoms with E-state index < -0.39 is 0 Å². The molecule has 8 nitrogen and oxygen atoms in total. The first-order chi connectivity index (χ1) is 9.72. The van der Waals surface area contributed by atoms with Crippen LogP contribution in [0, 0.1) is 6.92 Å². The van der Waals surface area contributed by atoms with E-state index in [1.165, 1.54) is 28.5 Å². The molecule has 9 heteroatoms. The van der Waals surface area contributed by atoms with Crippen LogP contribution in [-0.4, -0.2) is 29.7 Å². The molecule has 3 N–H and O–H groups in total. The van der Waals surface area contributed by atoms with Gasteiger partial charge in [-0.05, 0) is 28.8 Å². The molecule has 0 radical (unpaired) electrons. The van der Waals surface area contributed by atoms with E-state index in [-0.39, 0.29) is 5.95 Å². The Kier molecular flexibility index (Phi) is 3.25. The van der Waals surface area contributed by atoms with Gasteiger partial charge in [-0.15, -0.1) is 0 Å². The smallest absolute Gasteiger partial charge is 0.258 e. The molecule has 0 aliphatic carbocycles. The molecule has 3 aromatic heterocycles. The van der Waals surface area contributed by atoms with Gasteiger partial charge in [0.15, 0.2) is 0 Å². The molecular weight excluding hydrogens is 276 g/mol. The fraction of sp³-hybridized carbons (Fsp3) is 0.182. The van der Waals surface area contributed by atoms with E-state index in [0.717, 1.165) is 0 Å². The topological polar surface area (TPSA) is 107 Å². The summed E-state index contributed by atoms with van der Waals surface area (Å²) in [5.41, 5.74) is 8.12. The number of rotatable bonds is 4. The van der Waals surface area contributed by atoms with Gasteiger partial charge in [0.25, 0.3) is 5.95 Å². The lowest BCUT2D eigenvalue weighted by Crippen LogP contribution is -2.11. The third-order valence-corrected chi connectivity index (χ3v) is 3.57. The quantitative estimate of drug-likeness (QED) is 0.737. The van der Waals surface area contributed by atoms with E-state index in [9.17, 15) is 0 Å². The van der Waals surface area contributed by atoms with E-state index in [1.54, 1.807) is 11.3 Å². The Hall–Kier alpha value is -2.55. The van der Waals surface area contributed by atoms with Crippen LogP contribution in [0.4, 0.5) is 11.9 Å². The molecule has 3 heterocycles. The van der Waals surface area contributed by atoms with Crippen molar-refractivity contribution in [3.63, 3.8) is 0 Å². The van der Waals surface area contributed by atoms with Crippen LogP contribution in [0.2, 0.25) is 0 Å². The Morgan fingerprint density at radius 1 is 1.30 bits per heavy atom. The van der Waals surface area contributed by atoms with Gasteiger partial charge in [-0.25, -0.2) is 4.98 Å². The fourth-order valence-electron chi connectivity index (χ4n) is 1.62. The van der Waals surface area contributed by atoms with Crippen LogP contribution in [0.25, 0.3) is 5.95 Å². The second-order valence-electron chi connectivity index (χ2n) is 4.09. The van der Waals surface area contributed by atoms with Gasteiger partial charge < -0.3 is 11.1 Å². The molecular formula is C11H12N8S. The average molecular weight is 288 g/mol. The van der Waals surface area contributed by atoms with Crippen molar-refractivity contribution in [3.05, 3.63) is 34.5 Å². The maximum absolute atomic E-state index is 5.68. The normalized spacial score (nSPS) is 10.7. The first-order valence-electron chi connectivity index (χ1n) is 5.84. The molecule has 0 aromatic carbocycles. The molecule has 0 bridgehead atoms. The Bertz CT molecular complexity index is 705. The highest BCUT2D eigenvalue weighted by Crippen LogP contribution is 2.15. The lowest BCUT2D eigenvalue weighted by Gasteiger charge is -2.06. The molecule has 0 saturated heterocycles. The summed E-state index contributed by atoms with van der Waals surface area (Å²) < 4.78 is 1.43. The maximum Gasteiger partial charge on any atom is 0.258 e. The lowest BCUT2D eigenvalue weighted by atomic mass is 10.2. The Morgan fingerprint density at radius 2 is 2.20 bits per heavy atom. The van der Waals surface area contributed by atoms with Crippen molar-refractivity contribution in [2.75, 3.05) is 11.1 Å². The summed E-state index contributed by atoms with van der Waals surface area (Å²) >= 11 is 1.67. The van der Waals surface area contributed by atoms with Gasteiger partial charge in [0.2, 0.25) is 11.9 Å². The number of nitrogens with one attached hydrogen (secondary N) is 1. The highest BCUT2D eigenvalue weighted by atomic mass is 32.1. The van der Waals surface area contributed by atoms with Crippen molar-refractivity contribution < 1.29 is 0 Å². The predicted molar refractivity (Wildman–Crippen MR) is 75.5 cm³/mol. The molecule has 0 fully saturated rings. The zero-order chi connectivity index (χ0) is 13.9. The summed E-state index contributed by atoms with van der Waals surface area (Å²) in [6.45, 7) is 2.70. The van der Waals surface area contributed by atoms with Crippen LogP contribution in [0.1, 0.15) is 11.1 Å². The van der Waals surface area contributed by atoms with E-state index in [0.29, 0.717) is 18.4 Å². The fourth-order valence-corrected chi connectivity index (χ4v) is 2.47. The number of aryl methyl sites for hydroxylation is 1. The molecule has 0 spiro atoms. The minimum atomic E-state index is 0.134. The zero-order valence-corrected chi connectivity index (χ0v) is 11.5. The van der Waals surface area contributed by atoms with Gasteiger partial charge in [0.1, 0.15) is 12.7 Å². The molecule has 0 saturated carbocycles. The van der Waals surface area contributed by atoms with Crippen LogP contribution in [0.5, 0.6) is 0 Å². The van der Waals surface area contributed by atoms with Crippen molar-refractivity contribution >= 4 is 23.2 Å². The number of thiophene rings is 1. The third kappa shape index (κ3) is 2.57. The number of nitrogen functional groups attached to an aromatic ring is 1. The van der Waals surface area contributed by atoms with Crippen molar-refractivity contribution in [1.82, 2.24) is 29.7 Å². The van der Waals surface area contributed by atoms with Crippen LogP contribution < -0.4 is 11.1 Å². The largest absolute Gasteiger partial charge is 0.368 e. The van der Waals surface area contributed by atoms with Crippen LogP contribution >= 0.6 is 11.3 Å². The van der Waals surface area contributed by atoms with Gasteiger partial charge >= 0.3 is 0 Å². The third-order valence-electron chi connectivity index (χ3n) is 2.66. The predicted octanol–water partition coefficient (Wildman–Crippen LogP) is 1.02. The standard InChI is InChI=1S/C11H12N8S/c1-7-3-20-4-8(7)2-14-10-16-9(12)17-11(18-10)19-6-13-5-15-19/h3-6H,2H2,1H3,(H3,12,14,16,17,18). The van der Waals surface area contributed by atoms with Crippen LogP contribution in [0.15, 0.2) is 23.4 Å². The lowest BCUT2D eigenvalue weighted by molar-refractivity contribution is 0.797. The molecule has 0 unspecified atom stereocenters. The number of anilines is 2. The summed E-state index contributed by atoms with van der Waals surface area (Å²) in [4.78, 5) is 16.2. The minimum Gasteiger partial charge on any atom is -0.368 e. The molecule has 20 heavy (non-hydrogen) atoms. The van der Waals surface area contributed by atoms with E-state index in [2.05, 4.69) is 48.0 Å². The van der Waals surface area contributed by atoms with Crippen LogP contribution in [0.3, 0.4) is 0 Å². The zero-order valence-electron chi connectivity index (χ0n) is 10.7. The van der Waals surface area contributed by atoms with E-state index >= 15 is 0 Å². The van der Waals surface area contributed by atoms with Gasteiger partial charge in [-0.2, -0.15) is 36.1 Å². The highest BCUT2D eigenvalue weighted by molar-refractivity contribution is 7.08. The maximum atomic E-state index is 5.68. The van der Waals surface area contributed by atoms with Crippen molar-refractivity contribution in [1.29, 1.82) is 0 Å². The molecule has 102 valence electrons. The first-order valence-corrected chi connectivity index (χ1v) is 6.79. The summed E-state index contributed by atoms with van der Waals surface area (Å²) in [5.74, 6) is 0.878. The summed E-state index contributed by atoms with van der Waals surface area (Å²) in [7, 11) is 0. The van der Waals surface area contributed by atoms with Crippen molar-refractivity contribution in [3.8, 4) is 5.95 Å². The number of aromatic nitrogens is 6. The van der Waals surface area contributed by atoms with Gasteiger partial charge in [-0.3, -0.25) is 0 Å². The highest BCUT2D eigenvalue weighted by Gasteiger charge is 2.07. The van der Waals surface area contributed by atoms with E-state index in [4.69, 9.17) is 5.73 Å². The first kappa shape index (κ1) is 12.5. The number of nitrogens with two attached hydrogens (primary N) is 1. The molecule has 0 amide bonds. The van der Waals surface area contributed by atoms with Gasteiger partial charge in [0.05, 0.1) is 0 Å². The van der Waals surface area contributed by atoms with Gasteiger partial charge in [0, 0.05) is 6.54 Å². The summed E-state index contributed by atoms with van der Waals surface area (Å²) in [6, 6.07) is 0. The van der Waals surface area contributed by atoms with Crippen LogP contribution in [-0.2, 0) is 6.54 Å². The minimum absolute atomic E-state index is 0.134.